The second-order valence-electron chi connectivity index (χ2n) is 6.96. The summed E-state index contributed by atoms with van der Waals surface area (Å²) in [5.74, 6) is 1.03. The minimum Gasteiger partial charge on any atom is -0.382 e. The molecule has 1 heterocycles. The largest absolute Gasteiger partial charge is 0.382 e. The molecule has 1 atom stereocenters. The molecule has 2 fully saturated rings. The van der Waals surface area contributed by atoms with Gasteiger partial charge in [0.05, 0.1) is 5.71 Å². The molecule has 1 amide bonds. The molecule has 0 unspecified atom stereocenters. The number of hydrogen-bond donors (Lipinski definition) is 0. The molecule has 5 heteroatoms. The first kappa shape index (κ1) is 14.7. The van der Waals surface area contributed by atoms with Crippen LogP contribution in [0, 0.1) is 17.7 Å². The maximum atomic E-state index is 13.3. The number of halogens is 1. The Kier molecular flexibility index (Phi) is 3.58. The Labute approximate surface area is 135 Å². The van der Waals surface area contributed by atoms with Gasteiger partial charge in [0.25, 0.3) is 5.91 Å². The molecule has 2 saturated carbocycles. The van der Waals surface area contributed by atoms with Crippen molar-refractivity contribution in [3.8, 4) is 0 Å². The number of likely N-dealkylation sites (N-methyl/N-ethyl adjacent to an activating group) is 1. The fourth-order valence-corrected chi connectivity index (χ4v) is 3.62. The van der Waals surface area contributed by atoms with E-state index in [2.05, 4.69) is 5.16 Å². The van der Waals surface area contributed by atoms with E-state index in [1.807, 2.05) is 11.9 Å². The molecule has 0 radical (unpaired) electrons. The van der Waals surface area contributed by atoms with Gasteiger partial charge in [-0.2, -0.15) is 0 Å². The summed E-state index contributed by atoms with van der Waals surface area (Å²) in [5.41, 5.74) is 1.33. The van der Waals surface area contributed by atoms with E-state index in [1.165, 1.54) is 37.8 Å². The fourth-order valence-electron chi connectivity index (χ4n) is 3.62. The number of rotatable bonds is 5. The number of carbonyl (C=O) groups excluding carboxylic acids is 1. The first-order chi connectivity index (χ1) is 11.1. The molecule has 1 aliphatic heterocycles. The van der Waals surface area contributed by atoms with E-state index in [9.17, 15) is 9.18 Å². The van der Waals surface area contributed by atoms with E-state index in [4.69, 9.17) is 4.84 Å². The van der Waals surface area contributed by atoms with E-state index in [0.717, 1.165) is 0 Å². The van der Waals surface area contributed by atoms with Gasteiger partial charge in [-0.15, -0.1) is 0 Å². The van der Waals surface area contributed by atoms with Crippen LogP contribution in [0.5, 0.6) is 0 Å². The quantitative estimate of drug-likeness (QED) is 0.838. The van der Waals surface area contributed by atoms with Gasteiger partial charge in [0.15, 0.2) is 0 Å². The van der Waals surface area contributed by atoms with Crippen LogP contribution in [0.1, 0.15) is 37.7 Å². The van der Waals surface area contributed by atoms with Crippen LogP contribution >= 0.6 is 0 Å². The lowest BCUT2D eigenvalue weighted by molar-refractivity contribution is -0.143. The van der Waals surface area contributed by atoms with Crippen LogP contribution in [0.4, 0.5) is 4.39 Å². The summed E-state index contributed by atoms with van der Waals surface area (Å²) in [7, 11) is 1.90. The van der Waals surface area contributed by atoms with Gasteiger partial charge in [0.1, 0.15) is 5.82 Å². The molecule has 1 aromatic carbocycles. The monoisotopic (exact) mass is 316 g/mol. The second-order valence-corrected chi connectivity index (χ2v) is 6.96. The molecule has 4 nitrogen and oxygen atoms in total. The fraction of sp³-hybridized carbons (Fsp3) is 0.556. The highest BCUT2D eigenvalue weighted by Gasteiger charge is 2.46. The third-order valence-corrected chi connectivity index (χ3v) is 5.11. The van der Waals surface area contributed by atoms with E-state index in [0.29, 0.717) is 35.6 Å². The highest BCUT2D eigenvalue weighted by molar-refractivity contribution is 6.04. The van der Waals surface area contributed by atoms with Crippen molar-refractivity contribution in [2.45, 2.75) is 44.2 Å². The molecule has 4 rings (SSSR count). The van der Waals surface area contributed by atoms with Crippen molar-refractivity contribution in [1.29, 1.82) is 0 Å². The van der Waals surface area contributed by atoms with Crippen LogP contribution in [0.25, 0.3) is 0 Å². The van der Waals surface area contributed by atoms with Gasteiger partial charge >= 0.3 is 0 Å². The Morgan fingerprint density at radius 2 is 2.00 bits per heavy atom. The molecule has 0 aromatic heterocycles. The predicted molar refractivity (Wildman–Crippen MR) is 84.4 cm³/mol. The van der Waals surface area contributed by atoms with E-state index in [1.54, 1.807) is 12.1 Å². The standard InChI is InChI=1S/C18H21FN2O2/c1-21(17(11-5-6-11)12-7-8-12)18(22)16-10-15(20-23-16)13-3-2-4-14(19)9-13/h2-4,9,11-12,16-17H,5-8,10H2,1H3/t16-/m0/s1. The van der Waals surface area contributed by atoms with Crippen molar-refractivity contribution in [3.63, 3.8) is 0 Å². The summed E-state index contributed by atoms with van der Waals surface area (Å²) in [4.78, 5) is 20.0. The van der Waals surface area contributed by atoms with Gasteiger partial charge in [-0.05, 0) is 49.7 Å². The number of benzene rings is 1. The molecule has 23 heavy (non-hydrogen) atoms. The zero-order chi connectivity index (χ0) is 16.0. The molecule has 2 aliphatic carbocycles. The van der Waals surface area contributed by atoms with Crippen LogP contribution in [0.2, 0.25) is 0 Å². The lowest BCUT2D eigenvalue weighted by Gasteiger charge is -2.29. The predicted octanol–water partition coefficient (Wildman–Crippen LogP) is 2.97. The summed E-state index contributed by atoms with van der Waals surface area (Å²) in [6, 6.07) is 6.62. The number of oxime groups is 1. The van der Waals surface area contributed by atoms with Gasteiger partial charge in [-0.3, -0.25) is 4.79 Å². The zero-order valence-corrected chi connectivity index (χ0v) is 13.2. The van der Waals surface area contributed by atoms with Crippen molar-refractivity contribution in [1.82, 2.24) is 4.90 Å². The average Bonchev–Trinajstić information content (AvgIpc) is 3.48. The van der Waals surface area contributed by atoms with Crippen LogP contribution in [0.3, 0.4) is 0 Å². The first-order valence-electron chi connectivity index (χ1n) is 8.39. The SMILES string of the molecule is CN(C(=O)[C@@H]1CC(c2cccc(F)c2)=NO1)C(C1CC1)C1CC1. The number of hydrogen-bond acceptors (Lipinski definition) is 3. The molecule has 1 aromatic rings. The number of amides is 1. The Morgan fingerprint density at radius 3 is 2.61 bits per heavy atom. The summed E-state index contributed by atoms with van der Waals surface area (Å²) < 4.78 is 13.3. The third-order valence-electron chi connectivity index (χ3n) is 5.11. The number of nitrogens with zero attached hydrogens (tertiary/aromatic N) is 2. The lowest BCUT2D eigenvalue weighted by Crippen LogP contribution is -2.45. The molecule has 0 spiro atoms. The Morgan fingerprint density at radius 1 is 1.30 bits per heavy atom. The second kappa shape index (κ2) is 5.62. The normalized spacial score (nSPS) is 23.6. The number of carbonyl (C=O) groups is 1. The highest BCUT2D eigenvalue weighted by atomic mass is 19.1. The minimum absolute atomic E-state index is 0.00366. The van der Waals surface area contributed by atoms with E-state index >= 15 is 0 Å². The van der Waals surface area contributed by atoms with E-state index in [-0.39, 0.29) is 11.7 Å². The maximum absolute atomic E-state index is 13.3. The molecule has 0 N–H and O–H groups in total. The first-order valence-corrected chi connectivity index (χ1v) is 8.39. The van der Waals surface area contributed by atoms with Gasteiger partial charge in [0.2, 0.25) is 6.10 Å². The van der Waals surface area contributed by atoms with Crippen molar-refractivity contribution in [2.24, 2.45) is 17.0 Å². The molecular formula is C18H21FN2O2. The van der Waals surface area contributed by atoms with Gasteiger partial charge in [-0.25, -0.2) is 4.39 Å². The van der Waals surface area contributed by atoms with Crippen molar-refractivity contribution in [3.05, 3.63) is 35.6 Å². The zero-order valence-electron chi connectivity index (χ0n) is 13.2. The van der Waals surface area contributed by atoms with Gasteiger partial charge in [-0.1, -0.05) is 17.3 Å². The molecule has 122 valence electrons. The summed E-state index contributed by atoms with van der Waals surface area (Å²) in [6.07, 6.45) is 4.77. The van der Waals surface area contributed by atoms with E-state index < -0.39 is 6.10 Å². The lowest BCUT2D eigenvalue weighted by atomic mass is 10.0. The highest BCUT2D eigenvalue weighted by Crippen LogP contribution is 2.47. The van der Waals surface area contributed by atoms with Gasteiger partial charge in [0, 0.05) is 25.1 Å². The third kappa shape index (κ3) is 2.96. The average molecular weight is 316 g/mol. The van der Waals surface area contributed by atoms with Crippen LogP contribution in [-0.4, -0.2) is 35.7 Å². The summed E-state index contributed by atoms with van der Waals surface area (Å²) >= 11 is 0. The summed E-state index contributed by atoms with van der Waals surface area (Å²) in [5, 5.41) is 4.01. The smallest absolute Gasteiger partial charge is 0.266 e. The minimum atomic E-state index is -0.571. The van der Waals surface area contributed by atoms with Crippen LogP contribution in [0.15, 0.2) is 29.4 Å². The maximum Gasteiger partial charge on any atom is 0.266 e. The summed E-state index contributed by atoms with van der Waals surface area (Å²) in [6.45, 7) is 0. The topological polar surface area (TPSA) is 41.9 Å². The van der Waals surface area contributed by atoms with Gasteiger partial charge < -0.3 is 9.74 Å². The molecule has 0 bridgehead atoms. The molecular weight excluding hydrogens is 295 g/mol. The van der Waals surface area contributed by atoms with Crippen molar-refractivity contribution >= 4 is 11.6 Å². The molecule has 3 aliphatic rings. The van der Waals surface area contributed by atoms with Crippen LogP contribution in [-0.2, 0) is 9.63 Å². The Hall–Kier alpha value is -1.91. The Balaban J connectivity index is 1.42. The Bertz CT molecular complexity index is 640. The van der Waals surface area contributed by atoms with Crippen LogP contribution < -0.4 is 0 Å². The van der Waals surface area contributed by atoms with Crippen molar-refractivity contribution in [2.75, 3.05) is 7.05 Å². The van der Waals surface area contributed by atoms with Crippen molar-refractivity contribution < 1.29 is 14.0 Å². The molecule has 0 saturated heterocycles.